The molecule has 0 radical (unpaired) electrons. The van der Waals surface area contributed by atoms with Crippen molar-refractivity contribution in [3.05, 3.63) is 54.0 Å². The van der Waals surface area contributed by atoms with Gasteiger partial charge in [-0.1, -0.05) is 17.7 Å². The van der Waals surface area contributed by atoms with E-state index in [0.29, 0.717) is 25.6 Å². The molecule has 1 aromatic heterocycles. The smallest absolute Gasteiger partial charge is 0.254 e. The molecular formula is C19H21N3O3. The molecule has 2 aromatic rings. The van der Waals surface area contributed by atoms with E-state index in [9.17, 15) is 4.79 Å². The van der Waals surface area contributed by atoms with Gasteiger partial charge in [0.2, 0.25) is 5.88 Å². The number of hydrogen-bond acceptors (Lipinski definition) is 5. The molecule has 1 aromatic carbocycles. The number of aryl methyl sites for hydroxylation is 1. The lowest BCUT2D eigenvalue weighted by Gasteiger charge is -2.52. The lowest BCUT2D eigenvalue weighted by Crippen LogP contribution is -2.67. The van der Waals surface area contributed by atoms with Gasteiger partial charge in [-0.2, -0.15) is 0 Å². The van der Waals surface area contributed by atoms with Gasteiger partial charge in [-0.05, 0) is 19.1 Å². The average Bonchev–Trinajstić information content (AvgIpc) is 2.60. The fourth-order valence-corrected chi connectivity index (χ4v) is 3.57. The van der Waals surface area contributed by atoms with E-state index in [1.807, 2.05) is 36.1 Å². The SMILES string of the molecule is Cc1cccc(C(=O)N2CC3(C[C@H](Oc4cnccn4)CCO3)C2)c1. The summed E-state index contributed by atoms with van der Waals surface area (Å²) in [6.07, 6.45) is 6.50. The molecule has 0 aliphatic carbocycles. The molecule has 1 amide bonds. The predicted molar refractivity (Wildman–Crippen MR) is 91.4 cm³/mol. The Bertz CT molecular complexity index is 760. The second-order valence-electron chi connectivity index (χ2n) is 6.84. The highest BCUT2D eigenvalue weighted by Crippen LogP contribution is 2.36. The lowest BCUT2D eigenvalue weighted by atomic mass is 9.84. The summed E-state index contributed by atoms with van der Waals surface area (Å²) in [7, 11) is 0. The Labute approximate surface area is 146 Å². The van der Waals surface area contributed by atoms with Gasteiger partial charge >= 0.3 is 0 Å². The number of likely N-dealkylation sites (tertiary alicyclic amines) is 1. The van der Waals surface area contributed by atoms with Gasteiger partial charge in [-0.3, -0.25) is 9.78 Å². The van der Waals surface area contributed by atoms with Gasteiger partial charge < -0.3 is 14.4 Å². The normalized spacial score (nSPS) is 21.6. The molecule has 25 heavy (non-hydrogen) atoms. The number of ether oxygens (including phenoxy) is 2. The largest absolute Gasteiger partial charge is 0.473 e. The van der Waals surface area contributed by atoms with Crippen molar-refractivity contribution in [2.24, 2.45) is 0 Å². The van der Waals surface area contributed by atoms with Gasteiger partial charge in [0.25, 0.3) is 5.91 Å². The second kappa shape index (κ2) is 6.44. The van der Waals surface area contributed by atoms with Crippen LogP contribution in [-0.2, 0) is 4.74 Å². The highest BCUT2D eigenvalue weighted by Gasteiger charge is 2.50. The zero-order valence-corrected chi connectivity index (χ0v) is 14.2. The summed E-state index contributed by atoms with van der Waals surface area (Å²) in [4.78, 5) is 22.6. The molecule has 0 saturated carbocycles. The van der Waals surface area contributed by atoms with E-state index >= 15 is 0 Å². The number of hydrogen-bond donors (Lipinski definition) is 0. The summed E-state index contributed by atoms with van der Waals surface area (Å²) >= 11 is 0. The first-order valence-electron chi connectivity index (χ1n) is 8.56. The fourth-order valence-electron chi connectivity index (χ4n) is 3.57. The molecular weight excluding hydrogens is 318 g/mol. The standard InChI is InChI=1S/C19H21N3O3/c1-14-3-2-4-15(9-14)18(23)22-12-19(13-22)10-16(5-8-24-19)25-17-11-20-6-7-21-17/h2-4,6-7,9,11,16H,5,8,10,12-13H2,1H3/t16-/m1/s1. The lowest BCUT2D eigenvalue weighted by molar-refractivity contribution is -0.174. The van der Waals surface area contributed by atoms with E-state index in [2.05, 4.69) is 9.97 Å². The van der Waals surface area contributed by atoms with Crippen LogP contribution >= 0.6 is 0 Å². The molecule has 4 rings (SSSR count). The van der Waals surface area contributed by atoms with Crippen LogP contribution in [0, 0.1) is 6.92 Å². The van der Waals surface area contributed by atoms with E-state index in [1.54, 1.807) is 18.6 Å². The molecule has 2 fully saturated rings. The Morgan fingerprint density at radius 3 is 3.00 bits per heavy atom. The summed E-state index contributed by atoms with van der Waals surface area (Å²) in [6, 6.07) is 7.70. The van der Waals surface area contributed by atoms with Crippen LogP contribution in [0.1, 0.15) is 28.8 Å². The van der Waals surface area contributed by atoms with E-state index < -0.39 is 0 Å². The van der Waals surface area contributed by atoms with Crippen LogP contribution in [0.2, 0.25) is 0 Å². The number of benzene rings is 1. The monoisotopic (exact) mass is 339 g/mol. The zero-order chi connectivity index (χ0) is 17.3. The van der Waals surface area contributed by atoms with Gasteiger partial charge in [0.1, 0.15) is 11.7 Å². The topological polar surface area (TPSA) is 64.6 Å². The number of carbonyl (C=O) groups excluding carboxylic acids is 1. The molecule has 0 N–H and O–H groups in total. The van der Waals surface area contributed by atoms with Crippen LogP contribution < -0.4 is 4.74 Å². The van der Waals surface area contributed by atoms with E-state index in [4.69, 9.17) is 9.47 Å². The van der Waals surface area contributed by atoms with Crippen LogP contribution in [0.3, 0.4) is 0 Å². The Morgan fingerprint density at radius 2 is 2.24 bits per heavy atom. The van der Waals surface area contributed by atoms with Gasteiger partial charge in [0, 0.05) is 30.8 Å². The molecule has 6 nitrogen and oxygen atoms in total. The van der Waals surface area contributed by atoms with Gasteiger partial charge in [0.05, 0.1) is 25.9 Å². The number of carbonyl (C=O) groups is 1. The molecule has 1 spiro atoms. The molecule has 0 unspecified atom stereocenters. The Hall–Kier alpha value is -2.47. The molecule has 2 aliphatic heterocycles. The van der Waals surface area contributed by atoms with E-state index in [1.165, 1.54) is 0 Å². The highest BCUT2D eigenvalue weighted by molar-refractivity contribution is 5.95. The van der Waals surface area contributed by atoms with E-state index in [0.717, 1.165) is 24.0 Å². The third-order valence-electron chi connectivity index (χ3n) is 4.78. The van der Waals surface area contributed by atoms with Crippen LogP contribution in [0.4, 0.5) is 0 Å². The summed E-state index contributed by atoms with van der Waals surface area (Å²) in [6.45, 7) is 3.85. The van der Waals surface area contributed by atoms with Crippen molar-refractivity contribution in [1.82, 2.24) is 14.9 Å². The van der Waals surface area contributed by atoms with Crippen LogP contribution in [-0.4, -0.2) is 52.2 Å². The highest BCUT2D eigenvalue weighted by atomic mass is 16.5. The molecule has 3 heterocycles. The molecule has 2 saturated heterocycles. The predicted octanol–water partition coefficient (Wildman–Crippen LogP) is 2.24. The maximum Gasteiger partial charge on any atom is 0.254 e. The first kappa shape index (κ1) is 16.0. The minimum absolute atomic E-state index is 0.0432. The van der Waals surface area contributed by atoms with Crippen molar-refractivity contribution >= 4 is 5.91 Å². The number of aromatic nitrogens is 2. The van der Waals surface area contributed by atoms with Crippen LogP contribution in [0.25, 0.3) is 0 Å². The van der Waals surface area contributed by atoms with Gasteiger partial charge in [-0.25, -0.2) is 4.98 Å². The van der Waals surface area contributed by atoms with Crippen LogP contribution in [0.5, 0.6) is 5.88 Å². The molecule has 130 valence electrons. The van der Waals surface area contributed by atoms with Crippen LogP contribution in [0.15, 0.2) is 42.9 Å². The number of nitrogens with zero attached hydrogens (tertiary/aromatic N) is 3. The minimum atomic E-state index is -0.287. The third kappa shape index (κ3) is 3.35. The molecule has 1 atom stereocenters. The second-order valence-corrected chi connectivity index (χ2v) is 6.84. The first-order chi connectivity index (χ1) is 12.1. The van der Waals surface area contributed by atoms with Crippen molar-refractivity contribution < 1.29 is 14.3 Å². The van der Waals surface area contributed by atoms with Crippen molar-refractivity contribution in [2.75, 3.05) is 19.7 Å². The average molecular weight is 339 g/mol. The molecule has 6 heteroatoms. The summed E-state index contributed by atoms with van der Waals surface area (Å²) < 4.78 is 11.9. The van der Waals surface area contributed by atoms with Crippen molar-refractivity contribution in [3.8, 4) is 5.88 Å². The first-order valence-corrected chi connectivity index (χ1v) is 8.56. The minimum Gasteiger partial charge on any atom is -0.473 e. The third-order valence-corrected chi connectivity index (χ3v) is 4.78. The number of amides is 1. The zero-order valence-electron chi connectivity index (χ0n) is 14.2. The number of rotatable bonds is 3. The van der Waals surface area contributed by atoms with Crippen molar-refractivity contribution in [1.29, 1.82) is 0 Å². The van der Waals surface area contributed by atoms with Crippen molar-refractivity contribution in [2.45, 2.75) is 31.5 Å². The van der Waals surface area contributed by atoms with Gasteiger partial charge in [-0.15, -0.1) is 0 Å². The Balaban J connectivity index is 1.37. The van der Waals surface area contributed by atoms with E-state index in [-0.39, 0.29) is 17.6 Å². The molecule has 2 aliphatic rings. The summed E-state index contributed by atoms with van der Waals surface area (Å²) in [5, 5.41) is 0. The van der Waals surface area contributed by atoms with Crippen molar-refractivity contribution in [3.63, 3.8) is 0 Å². The Kier molecular flexibility index (Phi) is 4.13. The summed E-state index contributed by atoms with van der Waals surface area (Å²) in [5.41, 5.74) is 1.54. The summed E-state index contributed by atoms with van der Waals surface area (Å²) in [5.74, 6) is 0.603. The fraction of sp³-hybridized carbons (Fsp3) is 0.421. The maximum atomic E-state index is 12.6. The molecule has 0 bridgehead atoms. The quantitative estimate of drug-likeness (QED) is 0.858. The Morgan fingerprint density at radius 1 is 1.36 bits per heavy atom. The maximum absolute atomic E-state index is 12.6. The van der Waals surface area contributed by atoms with Gasteiger partial charge in [0.15, 0.2) is 0 Å².